The van der Waals surface area contributed by atoms with Crippen LogP contribution in [0.2, 0.25) is 0 Å². The van der Waals surface area contributed by atoms with E-state index in [1.54, 1.807) is 0 Å². The van der Waals surface area contributed by atoms with Crippen LogP contribution in [0.15, 0.2) is 0 Å². The van der Waals surface area contributed by atoms with Gasteiger partial charge >= 0.3 is 18.9 Å². The summed E-state index contributed by atoms with van der Waals surface area (Å²) in [5.41, 5.74) is 0. The van der Waals surface area contributed by atoms with Crippen LogP contribution in [0.1, 0.15) is 27.1 Å². The maximum absolute atomic E-state index is 12.7. The van der Waals surface area contributed by atoms with Crippen LogP contribution < -0.4 is 18.9 Å². The molecule has 0 aliphatic rings. The van der Waals surface area contributed by atoms with E-state index < -0.39 is 28.7 Å². The number of hydrogen-bond donors (Lipinski definition) is 1. The normalized spacial score (nSPS) is 13.4. The Kier molecular flexibility index (Phi) is 10.4. The molecule has 1 atom stereocenters. The summed E-state index contributed by atoms with van der Waals surface area (Å²) in [5.74, 6) is -0.859. The SMILES string of the molecule is O=S(=O)(O)CC(F)CCCCCF.[H-].[Li+]. The Bertz CT molecular complexity index is 226. The molecule has 0 aromatic heterocycles. The molecule has 0 saturated carbocycles. The van der Waals surface area contributed by atoms with Crippen LogP contribution in [0.4, 0.5) is 8.78 Å². The van der Waals surface area contributed by atoms with Crippen molar-refractivity contribution in [3.05, 3.63) is 0 Å². The van der Waals surface area contributed by atoms with E-state index >= 15 is 0 Å². The minimum Gasteiger partial charge on any atom is -1.00 e. The molecule has 0 radical (unpaired) electrons. The summed E-state index contributed by atoms with van der Waals surface area (Å²) in [6.45, 7) is -0.435. The topological polar surface area (TPSA) is 54.4 Å². The van der Waals surface area contributed by atoms with Gasteiger partial charge in [0.15, 0.2) is 0 Å². The van der Waals surface area contributed by atoms with Gasteiger partial charge in [0.05, 0.1) is 6.67 Å². The van der Waals surface area contributed by atoms with Crippen LogP contribution in [0, 0.1) is 0 Å². The van der Waals surface area contributed by atoms with E-state index in [0.717, 1.165) is 0 Å². The van der Waals surface area contributed by atoms with Crippen LogP contribution in [0.25, 0.3) is 0 Å². The van der Waals surface area contributed by atoms with Gasteiger partial charge < -0.3 is 1.43 Å². The van der Waals surface area contributed by atoms with Crippen molar-refractivity contribution in [2.45, 2.75) is 31.9 Å². The Morgan fingerprint density at radius 1 is 1.29 bits per heavy atom. The van der Waals surface area contributed by atoms with Crippen molar-refractivity contribution in [1.29, 1.82) is 0 Å². The number of unbranched alkanes of at least 4 members (excludes halogenated alkanes) is 2. The van der Waals surface area contributed by atoms with E-state index in [0.29, 0.717) is 19.3 Å². The molecule has 7 heteroatoms. The van der Waals surface area contributed by atoms with Crippen LogP contribution in [-0.2, 0) is 10.1 Å². The second-order valence-corrected chi connectivity index (χ2v) is 4.38. The fourth-order valence-electron chi connectivity index (χ4n) is 0.949. The third kappa shape index (κ3) is 12.4. The predicted octanol–water partition coefficient (Wildman–Crippen LogP) is -1.14. The second-order valence-electron chi connectivity index (χ2n) is 2.88. The molecule has 3 nitrogen and oxygen atoms in total. The Labute approximate surface area is 96.7 Å². The van der Waals surface area contributed by atoms with Gasteiger partial charge in [-0.3, -0.25) is 8.94 Å². The Morgan fingerprint density at radius 2 is 1.86 bits per heavy atom. The van der Waals surface area contributed by atoms with Gasteiger partial charge in [-0.1, -0.05) is 12.8 Å². The summed E-state index contributed by atoms with van der Waals surface area (Å²) >= 11 is 0. The van der Waals surface area contributed by atoms with Crippen molar-refractivity contribution in [2.24, 2.45) is 0 Å². The fourth-order valence-corrected chi connectivity index (χ4v) is 1.57. The smallest absolute Gasteiger partial charge is 1.00 e. The molecular weight excluding hydrogens is 209 g/mol. The van der Waals surface area contributed by atoms with Crippen molar-refractivity contribution in [3.63, 3.8) is 0 Å². The first-order chi connectivity index (χ1) is 5.95. The Balaban J connectivity index is -0.000000720. The molecule has 0 heterocycles. The van der Waals surface area contributed by atoms with Crippen molar-refractivity contribution in [3.8, 4) is 0 Å². The van der Waals surface area contributed by atoms with Gasteiger partial charge in [-0.15, -0.1) is 0 Å². The summed E-state index contributed by atoms with van der Waals surface area (Å²) in [5, 5.41) is 0. The quantitative estimate of drug-likeness (QED) is 0.338. The number of hydrogen-bond acceptors (Lipinski definition) is 2. The second kappa shape index (κ2) is 8.66. The van der Waals surface area contributed by atoms with E-state index in [1.165, 1.54) is 0 Å². The summed E-state index contributed by atoms with van der Waals surface area (Å²) in [7, 11) is -4.22. The van der Waals surface area contributed by atoms with Gasteiger partial charge in [0.2, 0.25) is 0 Å². The summed E-state index contributed by atoms with van der Waals surface area (Å²) < 4.78 is 52.9. The number of halogens is 2. The predicted molar refractivity (Wildman–Crippen MR) is 46.9 cm³/mol. The van der Waals surface area contributed by atoms with E-state index in [4.69, 9.17) is 4.55 Å². The van der Waals surface area contributed by atoms with E-state index in [1.807, 2.05) is 0 Å². The first-order valence-electron chi connectivity index (χ1n) is 4.11. The maximum Gasteiger partial charge on any atom is 1.00 e. The van der Waals surface area contributed by atoms with Gasteiger partial charge in [-0.05, 0) is 12.8 Å². The van der Waals surface area contributed by atoms with E-state index in [2.05, 4.69) is 0 Å². The zero-order valence-electron chi connectivity index (χ0n) is 9.25. The van der Waals surface area contributed by atoms with Crippen molar-refractivity contribution in [2.75, 3.05) is 12.4 Å². The van der Waals surface area contributed by atoms with E-state index in [9.17, 15) is 17.2 Å². The summed E-state index contributed by atoms with van der Waals surface area (Å²) in [6, 6.07) is 0. The molecule has 1 N–H and O–H groups in total. The van der Waals surface area contributed by atoms with Crippen LogP contribution >= 0.6 is 0 Å². The molecule has 0 saturated heterocycles. The molecule has 82 valence electrons. The number of alkyl halides is 2. The first-order valence-corrected chi connectivity index (χ1v) is 5.72. The van der Waals surface area contributed by atoms with Gasteiger partial charge in [-0.2, -0.15) is 8.42 Å². The maximum atomic E-state index is 12.7. The molecule has 0 aliphatic carbocycles. The van der Waals surface area contributed by atoms with Crippen molar-refractivity contribution >= 4 is 10.1 Å². The number of rotatable bonds is 7. The molecule has 14 heavy (non-hydrogen) atoms. The third-order valence-electron chi connectivity index (χ3n) is 1.54. The Morgan fingerprint density at radius 3 is 2.29 bits per heavy atom. The van der Waals surface area contributed by atoms with Crippen LogP contribution in [-0.4, -0.2) is 31.6 Å². The summed E-state index contributed by atoms with van der Waals surface area (Å²) in [6.07, 6.45) is -0.129. The standard InChI is InChI=1S/C7H14F2O3S.Li.H/c8-5-3-1-2-4-7(9)6-13(10,11)12;;/h7H,1-6H2,(H,10,11,12);;/q;+1;-1. The molecule has 0 rings (SSSR count). The molecular formula is C7H15F2LiO3S. The van der Waals surface area contributed by atoms with Crippen LogP contribution in [0.5, 0.6) is 0 Å². The van der Waals surface area contributed by atoms with Gasteiger partial charge in [0, 0.05) is 0 Å². The molecule has 0 bridgehead atoms. The zero-order chi connectivity index (χ0) is 10.3. The van der Waals surface area contributed by atoms with Gasteiger partial charge in [0.1, 0.15) is 11.9 Å². The average molecular weight is 224 g/mol. The fraction of sp³-hybridized carbons (Fsp3) is 1.00. The van der Waals surface area contributed by atoms with Crippen molar-refractivity contribution in [1.82, 2.24) is 0 Å². The molecule has 0 aliphatic heterocycles. The molecule has 0 amide bonds. The molecule has 1 unspecified atom stereocenters. The van der Waals surface area contributed by atoms with Gasteiger partial charge in [-0.25, -0.2) is 4.39 Å². The summed E-state index contributed by atoms with van der Waals surface area (Å²) in [4.78, 5) is 0. The molecule has 0 aromatic carbocycles. The minimum absolute atomic E-state index is 0. The largest absolute Gasteiger partial charge is 1.00 e. The molecule has 0 fully saturated rings. The van der Waals surface area contributed by atoms with E-state index in [-0.39, 0.29) is 26.7 Å². The molecule has 0 aromatic rings. The average Bonchev–Trinajstić information content (AvgIpc) is 1.94. The van der Waals surface area contributed by atoms with Crippen LogP contribution in [0.3, 0.4) is 0 Å². The Hall–Kier alpha value is 0.367. The first kappa shape index (κ1) is 16.8. The minimum atomic E-state index is -4.22. The molecule has 0 spiro atoms. The van der Waals surface area contributed by atoms with Gasteiger partial charge in [0.25, 0.3) is 10.1 Å². The third-order valence-corrected chi connectivity index (χ3v) is 2.33. The monoisotopic (exact) mass is 224 g/mol. The zero-order valence-corrected chi connectivity index (χ0v) is 9.06. The van der Waals surface area contributed by atoms with Crippen molar-refractivity contribution < 1.29 is 42.0 Å².